The van der Waals surface area contributed by atoms with E-state index >= 15 is 0 Å². The topological polar surface area (TPSA) is 71.1 Å². The number of halogens is 1. The van der Waals surface area contributed by atoms with Gasteiger partial charge in [-0.1, -0.05) is 24.3 Å². The highest BCUT2D eigenvalue weighted by Gasteiger charge is 2.09. The van der Waals surface area contributed by atoms with Crippen LogP contribution in [-0.2, 0) is 16.0 Å². The third-order valence-electron chi connectivity index (χ3n) is 3.51. The predicted octanol–water partition coefficient (Wildman–Crippen LogP) is 4.09. The number of carbonyl (C=O) groups is 2. The Labute approximate surface area is 153 Å². The Bertz CT molecular complexity index is 938. The Morgan fingerprint density at radius 1 is 1.12 bits per heavy atom. The van der Waals surface area contributed by atoms with Crippen molar-refractivity contribution in [3.05, 3.63) is 65.3 Å². The molecule has 5 nitrogen and oxygen atoms in total. The standard InChI is InChI=1S/C19H16FN3O2S/c1-12(24)21-16-7-5-13(6-8-16)9-18(25)23-19-22-17(11-26-19)14-3-2-4-15(20)10-14/h2-8,10-11H,9H2,1H3,(H,21,24)(H,22,23,25). The first-order valence-corrected chi connectivity index (χ1v) is 8.75. The number of aromatic nitrogens is 1. The average Bonchev–Trinajstić information content (AvgIpc) is 3.04. The largest absolute Gasteiger partial charge is 0.326 e. The minimum Gasteiger partial charge on any atom is -0.326 e. The Morgan fingerprint density at radius 3 is 2.58 bits per heavy atom. The molecule has 3 rings (SSSR count). The minimum atomic E-state index is -0.330. The normalized spacial score (nSPS) is 10.4. The fraction of sp³-hybridized carbons (Fsp3) is 0.105. The van der Waals surface area contributed by atoms with Crippen LogP contribution in [0, 0.1) is 5.82 Å². The van der Waals surface area contributed by atoms with E-state index in [1.54, 1.807) is 41.8 Å². The lowest BCUT2D eigenvalue weighted by molar-refractivity contribution is -0.116. The monoisotopic (exact) mass is 369 g/mol. The third kappa shape index (κ3) is 4.73. The summed E-state index contributed by atoms with van der Waals surface area (Å²) in [4.78, 5) is 27.5. The molecule has 132 valence electrons. The molecular weight excluding hydrogens is 353 g/mol. The summed E-state index contributed by atoms with van der Waals surface area (Å²) in [6.45, 7) is 1.44. The molecule has 2 N–H and O–H groups in total. The maximum Gasteiger partial charge on any atom is 0.230 e. The summed E-state index contributed by atoms with van der Waals surface area (Å²) in [5, 5.41) is 7.65. The van der Waals surface area contributed by atoms with Gasteiger partial charge in [-0.15, -0.1) is 11.3 Å². The Hall–Kier alpha value is -3.06. The van der Waals surface area contributed by atoms with E-state index in [-0.39, 0.29) is 24.1 Å². The molecule has 26 heavy (non-hydrogen) atoms. The first-order valence-electron chi connectivity index (χ1n) is 7.87. The highest BCUT2D eigenvalue weighted by atomic mass is 32.1. The van der Waals surface area contributed by atoms with Gasteiger partial charge in [0.15, 0.2) is 5.13 Å². The number of anilines is 2. The van der Waals surface area contributed by atoms with Gasteiger partial charge in [-0.05, 0) is 29.8 Å². The lowest BCUT2D eigenvalue weighted by atomic mass is 10.1. The van der Waals surface area contributed by atoms with E-state index in [9.17, 15) is 14.0 Å². The van der Waals surface area contributed by atoms with Crippen molar-refractivity contribution < 1.29 is 14.0 Å². The van der Waals surface area contributed by atoms with Crippen molar-refractivity contribution in [1.82, 2.24) is 4.98 Å². The van der Waals surface area contributed by atoms with E-state index < -0.39 is 0 Å². The second-order valence-corrected chi connectivity index (χ2v) is 6.51. The van der Waals surface area contributed by atoms with Crippen molar-refractivity contribution in [3.63, 3.8) is 0 Å². The fourth-order valence-electron chi connectivity index (χ4n) is 2.37. The quantitative estimate of drug-likeness (QED) is 0.712. The fourth-order valence-corrected chi connectivity index (χ4v) is 3.11. The number of benzene rings is 2. The smallest absolute Gasteiger partial charge is 0.230 e. The molecule has 0 atom stereocenters. The van der Waals surface area contributed by atoms with Crippen molar-refractivity contribution in [2.24, 2.45) is 0 Å². The molecule has 7 heteroatoms. The van der Waals surface area contributed by atoms with Crippen LogP contribution in [0.15, 0.2) is 53.9 Å². The zero-order valence-electron chi connectivity index (χ0n) is 14.0. The number of carbonyl (C=O) groups excluding carboxylic acids is 2. The summed E-state index contributed by atoms with van der Waals surface area (Å²) in [5.41, 5.74) is 2.78. The number of rotatable bonds is 5. The van der Waals surface area contributed by atoms with Crippen molar-refractivity contribution in [2.75, 3.05) is 10.6 Å². The van der Waals surface area contributed by atoms with E-state index in [2.05, 4.69) is 15.6 Å². The highest BCUT2D eigenvalue weighted by Crippen LogP contribution is 2.25. The molecule has 2 amide bonds. The van der Waals surface area contributed by atoms with Crippen LogP contribution in [0.25, 0.3) is 11.3 Å². The van der Waals surface area contributed by atoms with Crippen LogP contribution >= 0.6 is 11.3 Å². The summed E-state index contributed by atoms with van der Waals surface area (Å²) < 4.78 is 13.3. The summed E-state index contributed by atoms with van der Waals surface area (Å²) >= 11 is 1.29. The highest BCUT2D eigenvalue weighted by molar-refractivity contribution is 7.14. The maximum atomic E-state index is 13.3. The average molecular weight is 369 g/mol. The van der Waals surface area contributed by atoms with Gasteiger partial charge < -0.3 is 10.6 Å². The summed E-state index contributed by atoms with van der Waals surface area (Å²) in [7, 11) is 0. The van der Waals surface area contributed by atoms with Crippen molar-refractivity contribution in [1.29, 1.82) is 0 Å². The van der Waals surface area contributed by atoms with Crippen molar-refractivity contribution in [3.8, 4) is 11.3 Å². The molecule has 0 spiro atoms. The molecule has 0 saturated heterocycles. The van der Waals surface area contributed by atoms with Crippen LogP contribution in [-0.4, -0.2) is 16.8 Å². The third-order valence-corrected chi connectivity index (χ3v) is 4.27. The summed E-state index contributed by atoms with van der Waals surface area (Å²) in [5.74, 6) is -0.672. The zero-order valence-corrected chi connectivity index (χ0v) is 14.8. The van der Waals surface area contributed by atoms with Crippen molar-refractivity contribution >= 4 is 34.0 Å². The van der Waals surface area contributed by atoms with Gasteiger partial charge in [-0.25, -0.2) is 9.37 Å². The number of hydrogen-bond acceptors (Lipinski definition) is 4. The van der Waals surface area contributed by atoms with Crippen LogP contribution in [0.1, 0.15) is 12.5 Å². The predicted molar refractivity (Wildman–Crippen MR) is 101 cm³/mol. The van der Waals surface area contributed by atoms with Gasteiger partial charge in [0, 0.05) is 23.6 Å². The van der Waals surface area contributed by atoms with Gasteiger partial charge in [0.2, 0.25) is 11.8 Å². The molecule has 0 fully saturated rings. The first-order chi connectivity index (χ1) is 12.5. The van der Waals surface area contributed by atoms with Crippen molar-refractivity contribution in [2.45, 2.75) is 13.3 Å². The lowest BCUT2D eigenvalue weighted by Gasteiger charge is -2.05. The van der Waals surface area contributed by atoms with E-state index in [1.807, 2.05) is 0 Å². The molecular formula is C19H16FN3O2S. The molecule has 0 aliphatic rings. The zero-order chi connectivity index (χ0) is 18.5. The summed E-state index contributed by atoms with van der Waals surface area (Å²) in [6, 6.07) is 13.2. The van der Waals surface area contributed by atoms with Crippen LogP contribution in [0.5, 0.6) is 0 Å². The number of thiazole rings is 1. The van der Waals surface area contributed by atoms with Gasteiger partial charge in [-0.3, -0.25) is 9.59 Å². The van der Waals surface area contributed by atoms with Gasteiger partial charge in [-0.2, -0.15) is 0 Å². The molecule has 0 aliphatic carbocycles. The Kier molecular flexibility index (Phi) is 5.38. The first kappa shape index (κ1) is 17.8. The molecule has 1 aromatic heterocycles. The van der Waals surface area contributed by atoms with Crippen LogP contribution in [0.2, 0.25) is 0 Å². The van der Waals surface area contributed by atoms with Crippen LogP contribution in [0.4, 0.5) is 15.2 Å². The molecule has 2 aromatic carbocycles. The SMILES string of the molecule is CC(=O)Nc1ccc(CC(=O)Nc2nc(-c3cccc(F)c3)cs2)cc1. The lowest BCUT2D eigenvalue weighted by Crippen LogP contribution is -2.14. The minimum absolute atomic E-state index is 0.145. The van der Waals surface area contributed by atoms with Gasteiger partial charge in [0.25, 0.3) is 0 Å². The number of amides is 2. The Balaban J connectivity index is 1.61. The Morgan fingerprint density at radius 2 is 1.88 bits per heavy atom. The van der Waals surface area contributed by atoms with Gasteiger partial charge in [0.05, 0.1) is 12.1 Å². The second kappa shape index (κ2) is 7.88. The molecule has 0 aliphatic heterocycles. The van der Waals surface area contributed by atoms with Gasteiger partial charge in [0.1, 0.15) is 5.82 Å². The van der Waals surface area contributed by atoms with Crippen LogP contribution in [0.3, 0.4) is 0 Å². The molecule has 0 bridgehead atoms. The molecule has 0 unspecified atom stereocenters. The molecule has 0 saturated carbocycles. The van der Waals surface area contributed by atoms with Crippen LogP contribution < -0.4 is 10.6 Å². The number of nitrogens with one attached hydrogen (secondary N) is 2. The number of hydrogen-bond donors (Lipinski definition) is 2. The molecule has 3 aromatic rings. The number of nitrogens with zero attached hydrogens (tertiary/aromatic N) is 1. The molecule has 0 radical (unpaired) electrons. The summed E-state index contributed by atoms with van der Waals surface area (Å²) in [6.07, 6.45) is 0.190. The van der Waals surface area contributed by atoms with E-state index in [0.717, 1.165) is 5.56 Å². The van der Waals surface area contributed by atoms with E-state index in [0.29, 0.717) is 22.1 Å². The molecule has 1 heterocycles. The van der Waals surface area contributed by atoms with E-state index in [1.165, 1.54) is 30.4 Å². The van der Waals surface area contributed by atoms with E-state index in [4.69, 9.17) is 0 Å². The maximum absolute atomic E-state index is 13.3. The second-order valence-electron chi connectivity index (χ2n) is 5.65. The van der Waals surface area contributed by atoms with Gasteiger partial charge >= 0.3 is 0 Å².